The Kier molecular flexibility index (Phi) is 10.3. The number of hydrogen-bond acceptors (Lipinski definition) is 3. The molecule has 3 heteroatoms. The van der Waals surface area contributed by atoms with Gasteiger partial charge in [0.1, 0.15) is 0 Å². The average Bonchev–Trinajstić information content (AvgIpc) is 2.22. The Morgan fingerprint density at radius 2 is 1.93 bits per heavy atom. The lowest BCUT2D eigenvalue weighted by atomic mass is 10.1. The standard InChI is InChI=1S/C12H27NO2/c1-5-7-11(3)9-15-12(10-14-4)8-13-6-2/h11-13H,5-10H2,1-4H3. The van der Waals surface area contributed by atoms with Gasteiger partial charge in [0.05, 0.1) is 12.7 Å². The van der Waals surface area contributed by atoms with Crippen LogP contribution in [0.15, 0.2) is 0 Å². The van der Waals surface area contributed by atoms with Crippen molar-refractivity contribution in [2.24, 2.45) is 5.92 Å². The Labute approximate surface area is 94.5 Å². The SMILES string of the molecule is CCCC(C)COC(CNCC)COC. The van der Waals surface area contributed by atoms with E-state index >= 15 is 0 Å². The zero-order chi connectivity index (χ0) is 11.5. The van der Waals surface area contributed by atoms with Crippen LogP contribution in [0.2, 0.25) is 0 Å². The molecular weight excluding hydrogens is 190 g/mol. The highest BCUT2D eigenvalue weighted by molar-refractivity contribution is 4.61. The van der Waals surface area contributed by atoms with Crippen molar-refractivity contribution in [2.75, 3.05) is 33.4 Å². The zero-order valence-electron chi connectivity index (χ0n) is 10.7. The summed E-state index contributed by atoms with van der Waals surface area (Å²) >= 11 is 0. The second-order valence-electron chi connectivity index (χ2n) is 4.11. The minimum Gasteiger partial charge on any atom is -0.382 e. The first-order valence-electron chi connectivity index (χ1n) is 6.05. The van der Waals surface area contributed by atoms with Gasteiger partial charge in [-0.05, 0) is 18.9 Å². The monoisotopic (exact) mass is 217 g/mol. The maximum absolute atomic E-state index is 5.81. The molecule has 3 nitrogen and oxygen atoms in total. The summed E-state index contributed by atoms with van der Waals surface area (Å²) in [6, 6.07) is 0. The van der Waals surface area contributed by atoms with Gasteiger partial charge in [-0.2, -0.15) is 0 Å². The van der Waals surface area contributed by atoms with Crippen LogP contribution in [0.4, 0.5) is 0 Å². The van der Waals surface area contributed by atoms with Gasteiger partial charge in [-0.15, -0.1) is 0 Å². The summed E-state index contributed by atoms with van der Waals surface area (Å²) in [4.78, 5) is 0. The minimum absolute atomic E-state index is 0.189. The van der Waals surface area contributed by atoms with E-state index in [0.29, 0.717) is 12.5 Å². The van der Waals surface area contributed by atoms with Crippen LogP contribution in [0, 0.1) is 5.92 Å². The van der Waals surface area contributed by atoms with Crippen molar-refractivity contribution in [3.8, 4) is 0 Å². The molecule has 0 aromatic heterocycles. The van der Waals surface area contributed by atoms with Crippen LogP contribution in [0.3, 0.4) is 0 Å². The van der Waals surface area contributed by atoms with Crippen LogP contribution >= 0.6 is 0 Å². The van der Waals surface area contributed by atoms with Crippen molar-refractivity contribution in [3.05, 3.63) is 0 Å². The Hall–Kier alpha value is -0.120. The predicted molar refractivity (Wildman–Crippen MR) is 64.2 cm³/mol. The molecule has 0 aliphatic heterocycles. The fraction of sp³-hybridized carbons (Fsp3) is 1.00. The van der Waals surface area contributed by atoms with Crippen LogP contribution in [-0.2, 0) is 9.47 Å². The minimum atomic E-state index is 0.189. The summed E-state index contributed by atoms with van der Waals surface area (Å²) in [7, 11) is 1.72. The molecule has 0 aromatic carbocycles. The molecule has 2 atom stereocenters. The molecule has 0 amide bonds. The van der Waals surface area contributed by atoms with E-state index in [2.05, 4.69) is 26.1 Å². The topological polar surface area (TPSA) is 30.5 Å². The fourth-order valence-electron chi connectivity index (χ4n) is 1.53. The zero-order valence-corrected chi connectivity index (χ0v) is 10.7. The molecule has 0 aliphatic carbocycles. The lowest BCUT2D eigenvalue weighted by Gasteiger charge is -2.19. The third-order valence-electron chi connectivity index (χ3n) is 2.37. The average molecular weight is 217 g/mol. The van der Waals surface area contributed by atoms with Gasteiger partial charge in [0.2, 0.25) is 0 Å². The summed E-state index contributed by atoms with van der Waals surface area (Å²) in [5, 5.41) is 3.28. The van der Waals surface area contributed by atoms with E-state index in [1.807, 2.05) is 0 Å². The molecule has 1 N–H and O–H groups in total. The van der Waals surface area contributed by atoms with E-state index in [0.717, 1.165) is 19.7 Å². The largest absolute Gasteiger partial charge is 0.382 e. The van der Waals surface area contributed by atoms with E-state index in [4.69, 9.17) is 9.47 Å². The summed E-state index contributed by atoms with van der Waals surface area (Å²) in [6.07, 6.45) is 2.65. The highest BCUT2D eigenvalue weighted by Crippen LogP contribution is 2.06. The third kappa shape index (κ3) is 8.85. The third-order valence-corrected chi connectivity index (χ3v) is 2.37. The van der Waals surface area contributed by atoms with Gasteiger partial charge < -0.3 is 14.8 Å². The lowest BCUT2D eigenvalue weighted by molar-refractivity contribution is -0.0145. The van der Waals surface area contributed by atoms with Crippen LogP contribution in [0.5, 0.6) is 0 Å². The maximum atomic E-state index is 5.81. The Balaban J connectivity index is 3.63. The quantitative estimate of drug-likeness (QED) is 0.607. The van der Waals surface area contributed by atoms with Crippen molar-refractivity contribution < 1.29 is 9.47 Å². The van der Waals surface area contributed by atoms with Gasteiger partial charge in [0, 0.05) is 20.3 Å². The number of likely N-dealkylation sites (N-methyl/N-ethyl adjacent to an activating group) is 1. The smallest absolute Gasteiger partial charge is 0.0932 e. The van der Waals surface area contributed by atoms with E-state index in [9.17, 15) is 0 Å². The van der Waals surface area contributed by atoms with Gasteiger partial charge in [-0.1, -0.05) is 27.2 Å². The molecule has 2 unspecified atom stereocenters. The summed E-state index contributed by atoms with van der Waals surface area (Å²) in [5.74, 6) is 0.649. The van der Waals surface area contributed by atoms with Crippen molar-refractivity contribution in [3.63, 3.8) is 0 Å². The molecule has 0 saturated carbocycles. The van der Waals surface area contributed by atoms with Gasteiger partial charge >= 0.3 is 0 Å². The van der Waals surface area contributed by atoms with Crippen LogP contribution in [0.1, 0.15) is 33.6 Å². The van der Waals surface area contributed by atoms with E-state index in [1.54, 1.807) is 7.11 Å². The molecule has 0 heterocycles. The molecule has 0 bridgehead atoms. The van der Waals surface area contributed by atoms with E-state index in [-0.39, 0.29) is 6.10 Å². The van der Waals surface area contributed by atoms with E-state index in [1.165, 1.54) is 12.8 Å². The Morgan fingerprint density at radius 3 is 2.47 bits per heavy atom. The molecule has 0 spiro atoms. The summed E-state index contributed by atoms with van der Waals surface area (Å²) in [5.41, 5.74) is 0. The van der Waals surface area contributed by atoms with Gasteiger partial charge in [0.15, 0.2) is 0 Å². The Morgan fingerprint density at radius 1 is 1.20 bits per heavy atom. The van der Waals surface area contributed by atoms with Crippen molar-refractivity contribution >= 4 is 0 Å². The molecule has 0 aliphatic rings. The molecule has 0 aromatic rings. The predicted octanol–water partition coefficient (Wildman–Crippen LogP) is 2.06. The molecule has 0 saturated heterocycles. The highest BCUT2D eigenvalue weighted by atomic mass is 16.5. The normalized spacial score (nSPS) is 15.2. The number of methoxy groups -OCH3 is 1. The number of rotatable bonds is 10. The first-order chi connectivity index (χ1) is 7.24. The first-order valence-corrected chi connectivity index (χ1v) is 6.05. The molecule has 92 valence electrons. The molecular formula is C12H27NO2. The van der Waals surface area contributed by atoms with Crippen LogP contribution in [-0.4, -0.2) is 39.5 Å². The highest BCUT2D eigenvalue weighted by Gasteiger charge is 2.10. The number of nitrogens with one attached hydrogen (secondary N) is 1. The van der Waals surface area contributed by atoms with Gasteiger partial charge in [-0.25, -0.2) is 0 Å². The van der Waals surface area contributed by atoms with Crippen molar-refractivity contribution in [1.82, 2.24) is 5.32 Å². The maximum Gasteiger partial charge on any atom is 0.0932 e. The lowest BCUT2D eigenvalue weighted by Crippen LogP contribution is -2.33. The Bertz CT molecular complexity index is 131. The van der Waals surface area contributed by atoms with Crippen LogP contribution < -0.4 is 5.32 Å². The van der Waals surface area contributed by atoms with Crippen molar-refractivity contribution in [1.29, 1.82) is 0 Å². The first kappa shape index (κ1) is 14.9. The second-order valence-corrected chi connectivity index (χ2v) is 4.11. The molecule has 0 rings (SSSR count). The summed E-state index contributed by atoms with van der Waals surface area (Å²) in [6.45, 7) is 9.92. The molecule has 0 radical (unpaired) electrons. The van der Waals surface area contributed by atoms with Crippen molar-refractivity contribution in [2.45, 2.75) is 39.7 Å². The molecule has 0 fully saturated rings. The number of hydrogen-bond donors (Lipinski definition) is 1. The van der Waals surface area contributed by atoms with Crippen LogP contribution in [0.25, 0.3) is 0 Å². The number of ether oxygens (including phenoxy) is 2. The molecule has 15 heavy (non-hydrogen) atoms. The van der Waals surface area contributed by atoms with Gasteiger partial charge in [-0.3, -0.25) is 0 Å². The fourth-order valence-corrected chi connectivity index (χ4v) is 1.53. The van der Waals surface area contributed by atoms with E-state index < -0.39 is 0 Å². The second kappa shape index (κ2) is 10.4. The van der Waals surface area contributed by atoms with Gasteiger partial charge in [0.25, 0.3) is 0 Å². The summed E-state index contributed by atoms with van der Waals surface area (Å²) < 4.78 is 10.9.